The predicted molar refractivity (Wildman–Crippen MR) is 71.9 cm³/mol. The van der Waals surface area contributed by atoms with Crippen LogP contribution in [0.4, 0.5) is 11.8 Å². The quantitative estimate of drug-likeness (QED) is 0.841. The summed E-state index contributed by atoms with van der Waals surface area (Å²) in [7, 11) is 0. The first-order valence-electron chi connectivity index (χ1n) is 6.55. The first-order valence-corrected chi connectivity index (χ1v) is 6.55. The van der Waals surface area contributed by atoms with Crippen LogP contribution in [0.5, 0.6) is 0 Å². The molecule has 2 N–H and O–H groups in total. The Bertz CT molecular complexity index is 544. The van der Waals surface area contributed by atoms with Gasteiger partial charge in [-0.05, 0) is 26.7 Å². The molecular formula is C12H18N6. The van der Waals surface area contributed by atoms with Gasteiger partial charge in [0.05, 0.1) is 6.33 Å². The van der Waals surface area contributed by atoms with Crippen LogP contribution in [0.3, 0.4) is 0 Å². The molecule has 0 atom stereocenters. The second-order valence-corrected chi connectivity index (χ2v) is 4.52. The summed E-state index contributed by atoms with van der Waals surface area (Å²) in [5.41, 5.74) is 1.67. The van der Waals surface area contributed by atoms with Crippen molar-refractivity contribution >= 4 is 22.9 Å². The minimum absolute atomic E-state index is 0.630. The molecule has 6 heteroatoms. The SMILES string of the molecule is CCNc1nc(N(CC)C2CC2)c2[nH]cnc2n1. The molecule has 2 heterocycles. The van der Waals surface area contributed by atoms with E-state index in [-0.39, 0.29) is 0 Å². The predicted octanol–water partition coefficient (Wildman–Crippen LogP) is 1.77. The molecule has 2 aromatic heterocycles. The topological polar surface area (TPSA) is 69.7 Å². The second-order valence-electron chi connectivity index (χ2n) is 4.52. The number of nitrogens with zero attached hydrogens (tertiary/aromatic N) is 4. The zero-order chi connectivity index (χ0) is 12.5. The summed E-state index contributed by atoms with van der Waals surface area (Å²) >= 11 is 0. The maximum absolute atomic E-state index is 4.63. The highest BCUT2D eigenvalue weighted by atomic mass is 15.3. The number of imidazole rings is 1. The van der Waals surface area contributed by atoms with Gasteiger partial charge in [0.2, 0.25) is 5.95 Å². The smallest absolute Gasteiger partial charge is 0.226 e. The number of aromatic amines is 1. The zero-order valence-electron chi connectivity index (χ0n) is 10.8. The lowest BCUT2D eigenvalue weighted by Crippen LogP contribution is -2.26. The minimum atomic E-state index is 0.630. The zero-order valence-corrected chi connectivity index (χ0v) is 10.8. The third-order valence-corrected chi connectivity index (χ3v) is 3.20. The molecule has 3 rings (SSSR count). The van der Waals surface area contributed by atoms with Crippen molar-refractivity contribution in [3.63, 3.8) is 0 Å². The van der Waals surface area contributed by atoms with E-state index in [1.165, 1.54) is 12.8 Å². The van der Waals surface area contributed by atoms with Crippen LogP contribution in [0.2, 0.25) is 0 Å². The second kappa shape index (κ2) is 4.44. The largest absolute Gasteiger partial charge is 0.354 e. The maximum Gasteiger partial charge on any atom is 0.226 e. The summed E-state index contributed by atoms with van der Waals surface area (Å²) in [5.74, 6) is 1.63. The van der Waals surface area contributed by atoms with Crippen molar-refractivity contribution in [1.29, 1.82) is 0 Å². The van der Waals surface area contributed by atoms with Gasteiger partial charge in [0.15, 0.2) is 11.5 Å². The number of hydrogen-bond donors (Lipinski definition) is 2. The molecule has 0 bridgehead atoms. The van der Waals surface area contributed by atoms with Crippen molar-refractivity contribution in [3.8, 4) is 0 Å². The normalized spacial score (nSPS) is 15.0. The number of anilines is 2. The van der Waals surface area contributed by atoms with Gasteiger partial charge in [-0.3, -0.25) is 0 Å². The lowest BCUT2D eigenvalue weighted by Gasteiger charge is -2.22. The lowest BCUT2D eigenvalue weighted by molar-refractivity contribution is 0.810. The maximum atomic E-state index is 4.63. The molecule has 0 amide bonds. The number of nitrogens with one attached hydrogen (secondary N) is 2. The Morgan fingerprint density at radius 1 is 1.39 bits per heavy atom. The molecule has 0 aliphatic heterocycles. The molecule has 1 fully saturated rings. The summed E-state index contributed by atoms with van der Waals surface area (Å²) in [4.78, 5) is 18.7. The Morgan fingerprint density at radius 2 is 2.22 bits per heavy atom. The van der Waals surface area contributed by atoms with E-state index in [1.807, 2.05) is 6.92 Å². The highest BCUT2D eigenvalue weighted by molar-refractivity contribution is 5.84. The summed E-state index contributed by atoms with van der Waals surface area (Å²) < 4.78 is 0. The lowest BCUT2D eigenvalue weighted by atomic mass is 10.4. The fourth-order valence-corrected chi connectivity index (χ4v) is 2.23. The van der Waals surface area contributed by atoms with Crippen LogP contribution >= 0.6 is 0 Å². The van der Waals surface area contributed by atoms with Crippen LogP contribution in [-0.2, 0) is 0 Å². The van der Waals surface area contributed by atoms with Gasteiger partial charge < -0.3 is 15.2 Å². The van der Waals surface area contributed by atoms with Crippen LogP contribution in [0, 0.1) is 0 Å². The summed E-state index contributed by atoms with van der Waals surface area (Å²) in [5, 5.41) is 3.17. The Hall–Kier alpha value is -1.85. The van der Waals surface area contributed by atoms with E-state index in [2.05, 4.69) is 37.1 Å². The molecule has 0 aromatic carbocycles. The standard InChI is InChI=1S/C12H18N6/c1-3-13-12-16-10-9(14-7-15-10)11(17-12)18(4-2)8-5-6-8/h7-8H,3-6H2,1-2H3,(H2,13,14,15,16,17). The average molecular weight is 246 g/mol. The van der Waals surface area contributed by atoms with Gasteiger partial charge in [-0.2, -0.15) is 9.97 Å². The number of hydrogen-bond acceptors (Lipinski definition) is 5. The van der Waals surface area contributed by atoms with Crippen molar-refractivity contribution < 1.29 is 0 Å². The monoisotopic (exact) mass is 246 g/mol. The molecule has 1 aliphatic rings. The third kappa shape index (κ3) is 1.87. The van der Waals surface area contributed by atoms with Crippen molar-refractivity contribution in [2.45, 2.75) is 32.7 Å². The summed E-state index contributed by atoms with van der Waals surface area (Å²) in [6.07, 6.45) is 4.19. The fourth-order valence-electron chi connectivity index (χ4n) is 2.23. The first-order chi connectivity index (χ1) is 8.83. The van der Waals surface area contributed by atoms with Crippen LogP contribution in [-0.4, -0.2) is 39.1 Å². The molecule has 0 spiro atoms. The molecule has 18 heavy (non-hydrogen) atoms. The highest BCUT2D eigenvalue weighted by Gasteiger charge is 2.30. The van der Waals surface area contributed by atoms with Crippen LogP contribution < -0.4 is 10.2 Å². The van der Waals surface area contributed by atoms with Gasteiger partial charge in [-0.25, -0.2) is 4.98 Å². The molecule has 1 aliphatic carbocycles. The van der Waals surface area contributed by atoms with Crippen molar-refractivity contribution in [1.82, 2.24) is 19.9 Å². The molecule has 0 unspecified atom stereocenters. The van der Waals surface area contributed by atoms with Crippen LogP contribution in [0.25, 0.3) is 11.2 Å². The van der Waals surface area contributed by atoms with Gasteiger partial charge in [0, 0.05) is 19.1 Å². The van der Waals surface area contributed by atoms with Gasteiger partial charge >= 0.3 is 0 Å². The molecule has 0 saturated heterocycles. The average Bonchev–Trinajstić information content (AvgIpc) is 3.08. The number of aromatic nitrogens is 4. The number of fused-ring (bicyclic) bond motifs is 1. The van der Waals surface area contributed by atoms with E-state index in [0.29, 0.717) is 12.0 Å². The van der Waals surface area contributed by atoms with Gasteiger partial charge in [-0.1, -0.05) is 0 Å². The van der Waals surface area contributed by atoms with Gasteiger partial charge in [-0.15, -0.1) is 0 Å². The Kier molecular flexibility index (Phi) is 2.77. The minimum Gasteiger partial charge on any atom is -0.354 e. The molecular weight excluding hydrogens is 228 g/mol. The van der Waals surface area contributed by atoms with E-state index in [0.717, 1.165) is 30.1 Å². The Labute approximate surface area is 106 Å². The van der Waals surface area contributed by atoms with E-state index in [9.17, 15) is 0 Å². The van der Waals surface area contributed by atoms with Gasteiger partial charge in [0.1, 0.15) is 5.52 Å². The van der Waals surface area contributed by atoms with Crippen LogP contribution in [0.15, 0.2) is 6.33 Å². The Balaban J connectivity index is 2.08. The summed E-state index contributed by atoms with van der Waals surface area (Å²) in [6, 6.07) is 0.630. The highest BCUT2D eigenvalue weighted by Crippen LogP contribution is 2.33. The molecule has 0 radical (unpaired) electrons. The van der Waals surface area contributed by atoms with Crippen molar-refractivity contribution in [3.05, 3.63) is 6.33 Å². The van der Waals surface area contributed by atoms with Crippen molar-refractivity contribution in [2.24, 2.45) is 0 Å². The fraction of sp³-hybridized carbons (Fsp3) is 0.583. The third-order valence-electron chi connectivity index (χ3n) is 3.20. The first kappa shape index (κ1) is 11.3. The van der Waals surface area contributed by atoms with E-state index >= 15 is 0 Å². The Morgan fingerprint density at radius 3 is 2.89 bits per heavy atom. The molecule has 96 valence electrons. The van der Waals surface area contributed by atoms with E-state index in [4.69, 9.17) is 0 Å². The number of H-pyrrole nitrogens is 1. The van der Waals surface area contributed by atoms with Crippen molar-refractivity contribution in [2.75, 3.05) is 23.3 Å². The molecule has 1 saturated carbocycles. The summed E-state index contributed by atoms with van der Waals surface area (Å²) in [6.45, 7) is 5.97. The molecule has 2 aromatic rings. The number of rotatable bonds is 5. The molecule has 6 nitrogen and oxygen atoms in total. The van der Waals surface area contributed by atoms with Gasteiger partial charge in [0.25, 0.3) is 0 Å². The van der Waals surface area contributed by atoms with Crippen LogP contribution in [0.1, 0.15) is 26.7 Å². The van der Waals surface area contributed by atoms with E-state index < -0.39 is 0 Å². The van der Waals surface area contributed by atoms with E-state index in [1.54, 1.807) is 6.33 Å².